The Hall–Kier alpha value is -3.69. The molecule has 0 saturated heterocycles. The van der Waals surface area contributed by atoms with Gasteiger partial charge in [-0.3, -0.25) is 19.5 Å². The summed E-state index contributed by atoms with van der Waals surface area (Å²) in [5, 5.41) is 8.40. The van der Waals surface area contributed by atoms with E-state index in [0.29, 0.717) is 19.5 Å². The lowest BCUT2D eigenvalue weighted by Crippen LogP contribution is -2.32. The van der Waals surface area contributed by atoms with Crippen LogP contribution in [-0.2, 0) is 17.9 Å². The van der Waals surface area contributed by atoms with E-state index in [1.165, 1.54) is 17.4 Å². The van der Waals surface area contributed by atoms with Gasteiger partial charge in [-0.1, -0.05) is 6.07 Å². The molecule has 148 valence electrons. The van der Waals surface area contributed by atoms with E-state index in [1.54, 1.807) is 34.9 Å². The van der Waals surface area contributed by atoms with Crippen LogP contribution in [-0.4, -0.2) is 54.6 Å². The van der Waals surface area contributed by atoms with Crippen LogP contribution in [0.1, 0.15) is 28.3 Å². The molecule has 1 aliphatic heterocycles. The van der Waals surface area contributed by atoms with Crippen LogP contribution >= 0.6 is 0 Å². The Bertz CT molecular complexity index is 1080. The number of aryl methyl sites for hydroxylation is 2. The van der Waals surface area contributed by atoms with Gasteiger partial charge < -0.3 is 0 Å². The average molecular weight is 392 g/mol. The first-order valence-electron chi connectivity index (χ1n) is 9.21. The number of amides is 2. The molecule has 0 aromatic carbocycles. The zero-order valence-electron chi connectivity index (χ0n) is 16.1. The fourth-order valence-corrected chi connectivity index (χ4v) is 3.21. The van der Waals surface area contributed by atoms with E-state index in [9.17, 15) is 9.59 Å². The van der Waals surface area contributed by atoms with Gasteiger partial charge >= 0.3 is 5.91 Å². The standard InChI is InChI=1S/C19H20N8O2/c1-13-15(4-3-7-20-13)11-26-12-22-17(24-26)18(28)21-10-14-6-9-27-16(5-8-23-27)25(2)19(14)29/h3-5,7-8,10,12,14H,6,9,11H2,1-2H3/b21-10+. The summed E-state index contributed by atoms with van der Waals surface area (Å²) in [6, 6.07) is 5.58. The van der Waals surface area contributed by atoms with Crippen molar-refractivity contribution in [3.05, 3.63) is 54.0 Å². The number of nitrogens with zero attached hydrogens (tertiary/aromatic N) is 8. The molecule has 1 aliphatic rings. The highest BCUT2D eigenvalue weighted by atomic mass is 16.2. The number of pyridine rings is 1. The first-order chi connectivity index (χ1) is 14.0. The molecule has 0 bridgehead atoms. The lowest BCUT2D eigenvalue weighted by Gasteiger charge is -2.16. The number of aliphatic imine (C=N–C) groups is 1. The van der Waals surface area contributed by atoms with Gasteiger partial charge in [0.05, 0.1) is 18.7 Å². The third-order valence-corrected chi connectivity index (χ3v) is 4.89. The second-order valence-corrected chi connectivity index (χ2v) is 6.80. The molecule has 0 fully saturated rings. The fourth-order valence-electron chi connectivity index (χ4n) is 3.21. The van der Waals surface area contributed by atoms with Gasteiger partial charge in [0.2, 0.25) is 11.7 Å². The van der Waals surface area contributed by atoms with E-state index >= 15 is 0 Å². The average Bonchev–Trinajstić information content (AvgIpc) is 3.36. The van der Waals surface area contributed by atoms with E-state index in [-0.39, 0.29) is 11.7 Å². The SMILES string of the molecule is Cc1ncccc1Cn1cnc(C(=O)/N=C/C2CCn3nccc3N(C)C2=O)n1. The van der Waals surface area contributed by atoms with Crippen LogP contribution in [0.25, 0.3) is 0 Å². The highest BCUT2D eigenvalue weighted by molar-refractivity contribution is 6.06. The van der Waals surface area contributed by atoms with Gasteiger partial charge in [0.25, 0.3) is 0 Å². The molecule has 4 rings (SSSR count). The Morgan fingerprint density at radius 3 is 3.00 bits per heavy atom. The Morgan fingerprint density at radius 1 is 1.31 bits per heavy atom. The quantitative estimate of drug-likeness (QED) is 0.615. The van der Waals surface area contributed by atoms with Crippen molar-refractivity contribution in [3.63, 3.8) is 0 Å². The topological polar surface area (TPSA) is 111 Å². The lowest BCUT2D eigenvalue weighted by molar-refractivity contribution is -0.120. The van der Waals surface area contributed by atoms with Gasteiger partial charge in [-0.15, -0.1) is 5.10 Å². The summed E-state index contributed by atoms with van der Waals surface area (Å²) < 4.78 is 3.33. The van der Waals surface area contributed by atoms with Gasteiger partial charge in [-0.2, -0.15) is 5.10 Å². The molecule has 3 aromatic heterocycles. The van der Waals surface area contributed by atoms with E-state index in [2.05, 4.69) is 25.2 Å². The van der Waals surface area contributed by atoms with Crippen LogP contribution in [0.2, 0.25) is 0 Å². The maximum absolute atomic E-state index is 12.6. The van der Waals surface area contributed by atoms with Gasteiger partial charge in [-0.05, 0) is 25.0 Å². The van der Waals surface area contributed by atoms with E-state index in [4.69, 9.17) is 0 Å². The summed E-state index contributed by atoms with van der Waals surface area (Å²) in [4.78, 5) is 38.8. The number of hydrogen-bond donors (Lipinski definition) is 0. The molecule has 29 heavy (non-hydrogen) atoms. The monoisotopic (exact) mass is 392 g/mol. The summed E-state index contributed by atoms with van der Waals surface area (Å²) in [6.07, 6.45) is 6.77. The number of fused-ring (bicyclic) bond motifs is 1. The summed E-state index contributed by atoms with van der Waals surface area (Å²) in [5.74, 6) is -0.505. The van der Waals surface area contributed by atoms with Crippen LogP contribution in [0.15, 0.2) is 41.9 Å². The van der Waals surface area contributed by atoms with Gasteiger partial charge in [0.1, 0.15) is 12.1 Å². The van der Waals surface area contributed by atoms with Crippen molar-refractivity contribution in [1.29, 1.82) is 0 Å². The molecule has 1 atom stereocenters. The van der Waals surface area contributed by atoms with Gasteiger partial charge in [0.15, 0.2) is 0 Å². The first kappa shape index (κ1) is 18.7. The van der Waals surface area contributed by atoms with Crippen molar-refractivity contribution >= 4 is 23.8 Å². The molecular weight excluding hydrogens is 372 g/mol. The van der Waals surface area contributed by atoms with Crippen LogP contribution in [0.3, 0.4) is 0 Å². The van der Waals surface area contributed by atoms with Crippen molar-refractivity contribution in [1.82, 2.24) is 29.5 Å². The number of carbonyl (C=O) groups is 2. The van der Waals surface area contributed by atoms with Gasteiger partial charge in [-0.25, -0.2) is 19.3 Å². The van der Waals surface area contributed by atoms with E-state index in [0.717, 1.165) is 17.1 Å². The third kappa shape index (κ3) is 3.82. The second-order valence-electron chi connectivity index (χ2n) is 6.80. The van der Waals surface area contributed by atoms with Crippen LogP contribution in [0.4, 0.5) is 5.82 Å². The van der Waals surface area contributed by atoms with Crippen molar-refractivity contribution in [2.75, 3.05) is 11.9 Å². The largest absolute Gasteiger partial charge is 0.316 e. The van der Waals surface area contributed by atoms with Crippen molar-refractivity contribution in [2.24, 2.45) is 10.9 Å². The molecule has 3 aromatic rings. The van der Waals surface area contributed by atoms with Crippen LogP contribution < -0.4 is 4.90 Å². The van der Waals surface area contributed by atoms with Crippen molar-refractivity contribution in [3.8, 4) is 0 Å². The van der Waals surface area contributed by atoms with E-state index in [1.807, 2.05) is 19.1 Å². The number of aromatic nitrogens is 6. The van der Waals surface area contributed by atoms with Crippen molar-refractivity contribution < 1.29 is 9.59 Å². The Balaban J connectivity index is 1.44. The Morgan fingerprint density at radius 2 is 2.17 bits per heavy atom. The highest BCUT2D eigenvalue weighted by Gasteiger charge is 2.27. The minimum Gasteiger partial charge on any atom is -0.300 e. The molecule has 1 unspecified atom stereocenters. The van der Waals surface area contributed by atoms with Crippen molar-refractivity contribution in [2.45, 2.75) is 26.4 Å². The third-order valence-electron chi connectivity index (χ3n) is 4.89. The first-order valence-corrected chi connectivity index (χ1v) is 9.21. The molecule has 2 amide bonds. The van der Waals surface area contributed by atoms with Gasteiger partial charge in [0, 0.05) is 37.8 Å². The Labute approximate surface area is 166 Å². The minimum atomic E-state index is -0.580. The smallest absolute Gasteiger partial charge is 0.300 e. The summed E-state index contributed by atoms with van der Waals surface area (Å²) >= 11 is 0. The number of hydrogen-bond acceptors (Lipinski definition) is 6. The predicted octanol–water partition coefficient (Wildman–Crippen LogP) is 1.12. The molecule has 0 N–H and O–H groups in total. The zero-order valence-corrected chi connectivity index (χ0v) is 16.1. The predicted molar refractivity (Wildman–Crippen MR) is 105 cm³/mol. The number of rotatable bonds is 4. The maximum atomic E-state index is 12.6. The molecule has 4 heterocycles. The molecule has 0 saturated carbocycles. The summed E-state index contributed by atoms with van der Waals surface area (Å²) in [7, 11) is 1.69. The minimum absolute atomic E-state index is 0.00912. The molecule has 10 nitrogen and oxygen atoms in total. The van der Waals surface area contributed by atoms with E-state index < -0.39 is 11.8 Å². The maximum Gasteiger partial charge on any atom is 0.316 e. The second kappa shape index (κ2) is 7.74. The number of carbonyl (C=O) groups excluding carboxylic acids is 2. The molecular formula is C19H20N8O2. The fraction of sp³-hybridized carbons (Fsp3) is 0.316. The molecule has 0 radical (unpaired) electrons. The Kier molecular flexibility index (Phi) is 4.98. The summed E-state index contributed by atoms with van der Waals surface area (Å²) in [5.41, 5.74) is 1.88. The zero-order chi connectivity index (χ0) is 20.4. The molecule has 10 heteroatoms. The highest BCUT2D eigenvalue weighted by Crippen LogP contribution is 2.21. The van der Waals surface area contributed by atoms with Crippen LogP contribution in [0.5, 0.6) is 0 Å². The van der Waals surface area contributed by atoms with Crippen LogP contribution in [0, 0.1) is 12.8 Å². The molecule has 0 spiro atoms. The lowest BCUT2D eigenvalue weighted by atomic mass is 10.1. The number of anilines is 1. The molecule has 0 aliphatic carbocycles. The summed E-state index contributed by atoms with van der Waals surface area (Å²) in [6.45, 7) is 2.94. The normalized spacial score (nSPS) is 16.8.